The zero-order valence-corrected chi connectivity index (χ0v) is 12.3. The molecular formula is C15H19N5O. The van der Waals surface area contributed by atoms with Crippen molar-refractivity contribution in [1.82, 2.24) is 25.0 Å². The minimum Gasteiger partial charge on any atom is -0.333 e. The van der Waals surface area contributed by atoms with E-state index in [4.69, 9.17) is 0 Å². The van der Waals surface area contributed by atoms with Gasteiger partial charge < -0.3 is 10.2 Å². The molecule has 6 nitrogen and oxygen atoms in total. The first kappa shape index (κ1) is 13.8. The number of rotatable bonds is 2. The zero-order chi connectivity index (χ0) is 14.8. The number of benzene rings is 1. The first-order valence-electron chi connectivity index (χ1n) is 7.15. The molecule has 0 spiro atoms. The minimum absolute atomic E-state index is 0.102. The van der Waals surface area contributed by atoms with Crippen LogP contribution in [-0.4, -0.2) is 51.2 Å². The van der Waals surface area contributed by atoms with Crippen LogP contribution in [0.25, 0.3) is 5.69 Å². The number of nitrogens with zero attached hydrogens (tertiary/aromatic N) is 4. The Bertz CT molecular complexity index is 651. The van der Waals surface area contributed by atoms with Gasteiger partial charge in [0.05, 0.1) is 5.69 Å². The van der Waals surface area contributed by atoms with E-state index in [2.05, 4.69) is 22.3 Å². The van der Waals surface area contributed by atoms with E-state index in [1.807, 2.05) is 31.2 Å². The van der Waals surface area contributed by atoms with E-state index < -0.39 is 0 Å². The van der Waals surface area contributed by atoms with Gasteiger partial charge in [-0.3, -0.25) is 4.79 Å². The van der Waals surface area contributed by atoms with Gasteiger partial charge in [0.15, 0.2) is 0 Å². The molecule has 1 aromatic carbocycles. The van der Waals surface area contributed by atoms with Crippen molar-refractivity contribution in [2.75, 3.05) is 19.6 Å². The lowest BCUT2D eigenvalue weighted by Gasteiger charge is -2.30. The molecule has 1 N–H and O–H groups in total. The number of hydrogen-bond donors (Lipinski definition) is 1. The van der Waals surface area contributed by atoms with E-state index in [-0.39, 0.29) is 11.7 Å². The van der Waals surface area contributed by atoms with E-state index in [0.717, 1.165) is 17.8 Å². The fourth-order valence-corrected chi connectivity index (χ4v) is 2.51. The van der Waals surface area contributed by atoms with E-state index in [9.17, 15) is 4.79 Å². The Labute approximate surface area is 123 Å². The predicted octanol–water partition coefficient (Wildman–Crippen LogP) is 1.01. The molecule has 110 valence electrons. The molecule has 1 aliphatic heterocycles. The summed E-state index contributed by atoms with van der Waals surface area (Å²) in [6, 6.07) is 8.25. The Balaban J connectivity index is 1.80. The second-order valence-electron chi connectivity index (χ2n) is 5.46. The third-order valence-corrected chi connectivity index (χ3v) is 3.61. The molecule has 1 aliphatic rings. The summed E-state index contributed by atoms with van der Waals surface area (Å²) in [5.74, 6) is 0.153. The molecule has 1 amide bonds. The van der Waals surface area contributed by atoms with Crippen molar-refractivity contribution >= 4 is 5.91 Å². The maximum atomic E-state index is 12.4. The summed E-state index contributed by atoms with van der Waals surface area (Å²) >= 11 is 0. The van der Waals surface area contributed by atoms with Crippen LogP contribution in [0.15, 0.2) is 30.6 Å². The van der Waals surface area contributed by atoms with Crippen LogP contribution in [-0.2, 0) is 0 Å². The molecule has 2 heterocycles. The van der Waals surface area contributed by atoms with Gasteiger partial charge in [0, 0.05) is 25.7 Å². The van der Waals surface area contributed by atoms with Gasteiger partial charge in [0.1, 0.15) is 6.33 Å². The summed E-state index contributed by atoms with van der Waals surface area (Å²) in [6.07, 6.45) is 1.59. The van der Waals surface area contributed by atoms with Gasteiger partial charge in [0.2, 0.25) is 5.82 Å². The van der Waals surface area contributed by atoms with Crippen LogP contribution in [0.4, 0.5) is 0 Å². The number of hydrogen-bond acceptors (Lipinski definition) is 4. The molecular weight excluding hydrogens is 266 g/mol. The second-order valence-corrected chi connectivity index (χ2v) is 5.46. The molecule has 21 heavy (non-hydrogen) atoms. The molecule has 0 aliphatic carbocycles. The Morgan fingerprint density at radius 2 is 2.29 bits per heavy atom. The average Bonchev–Trinajstić information content (AvgIpc) is 2.96. The number of aromatic nitrogens is 3. The van der Waals surface area contributed by atoms with Crippen molar-refractivity contribution < 1.29 is 4.79 Å². The summed E-state index contributed by atoms with van der Waals surface area (Å²) in [6.45, 7) is 6.29. The number of amides is 1. The highest BCUT2D eigenvalue weighted by molar-refractivity contribution is 5.90. The Kier molecular flexibility index (Phi) is 3.70. The highest BCUT2D eigenvalue weighted by Gasteiger charge is 2.24. The monoisotopic (exact) mass is 285 g/mol. The van der Waals surface area contributed by atoms with Gasteiger partial charge in [0.25, 0.3) is 5.91 Å². The van der Waals surface area contributed by atoms with E-state index >= 15 is 0 Å². The lowest BCUT2D eigenvalue weighted by Crippen LogP contribution is -2.51. The fourth-order valence-electron chi connectivity index (χ4n) is 2.51. The van der Waals surface area contributed by atoms with Crippen molar-refractivity contribution in [2.45, 2.75) is 19.9 Å². The molecule has 6 heteroatoms. The summed E-state index contributed by atoms with van der Waals surface area (Å²) < 4.78 is 1.64. The topological polar surface area (TPSA) is 63.1 Å². The molecule has 0 bridgehead atoms. The van der Waals surface area contributed by atoms with Gasteiger partial charge in [-0.25, -0.2) is 9.67 Å². The van der Waals surface area contributed by atoms with E-state index in [0.29, 0.717) is 19.1 Å². The molecule has 1 fully saturated rings. The maximum absolute atomic E-state index is 12.4. The van der Waals surface area contributed by atoms with Crippen LogP contribution >= 0.6 is 0 Å². The molecule has 0 radical (unpaired) electrons. The van der Waals surface area contributed by atoms with Gasteiger partial charge in [-0.1, -0.05) is 12.1 Å². The second kappa shape index (κ2) is 5.65. The largest absolute Gasteiger partial charge is 0.333 e. The molecule has 2 aromatic rings. The summed E-state index contributed by atoms with van der Waals surface area (Å²) in [4.78, 5) is 18.4. The van der Waals surface area contributed by atoms with Gasteiger partial charge in [-0.2, -0.15) is 0 Å². The molecule has 1 aromatic heterocycles. The number of nitrogens with one attached hydrogen (secondary N) is 1. The number of carbonyl (C=O) groups is 1. The highest BCUT2D eigenvalue weighted by Crippen LogP contribution is 2.10. The molecule has 1 saturated heterocycles. The van der Waals surface area contributed by atoms with Crippen LogP contribution in [0, 0.1) is 6.92 Å². The Morgan fingerprint density at radius 3 is 3.05 bits per heavy atom. The van der Waals surface area contributed by atoms with Crippen molar-refractivity contribution in [2.24, 2.45) is 0 Å². The van der Waals surface area contributed by atoms with Crippen molar-refractivity contribution in [3.05, 3.63) is 42.0 Å². The molecule has 0 unspecified atom stereocenters. The van der Waals surface area contributed by atoms with E-state index in [1.54, 1.807) is 15.9 Å². The minimum atomic E-state index is -0.102. The number of aryl methyl sites for hydroxylation is 1. The standard InChI is InChI=1S/C15H19N5O/c1-11-4-3-5-13(8-11)20-10-17-14(18-20)15(21)19-7-6-16-12(2)9-19/h3-5,8,10,12,16H,6-7,9H2,1-2H3/t12-/m1/s1. The van der Waals surface area contributed by atoms with Gasteiger partial charge in [-0.05, 0) is 31.5 Å². The molecule has 0 saturated carbocycles. The first-order chi connectivity index (χ1) is 10.1. The highest BCUT2D eigenvalue weighted by atomic mass is 16.2. The number of piperazine rings is 1. The molecule has 1 atom stereocenters. The van der Waals surface area contributed by atoms with Crippen LogP contribution < -0.4 is 5.32 Å². The SMILES string of the molecule is Cc1cccc(-n2cnc(C(=O)N3CCN[C@H](C)C3)n2)c1. The predicted molar refractivity (Wildman–Crippen MR) is 79.5 cm³/mol. The van der Waals surface area contributed by atoms with E-state index in [1.165, 1.54) is 0 Å². The van der Waals surface area contributed by atoms with Crippen molar-refractivity contribution in [1.29, 1.82) is 0 Å². The number of carbonyl (C=O) groups excluding carboxylic acids is 1. The summed E-state index contributed by atoms with van der Waals surface area (Å²) in [7, 11) is 0. The fraction of sp³-hybridized carbons (Fsp3) is 0.400. The van der Waals surface area contributed by atoms with Crippen molar-refractivity contribution in [3.8, 4) is 5.69 Å². The Hall–Kier alpha value is -2.21. The van der Waals surface area contributed by atoms with Crippen molar-refractivity contribution in [3.63, 3.8) is 0 Å². The smallest absolute Gasteiger partial charge is 0.293 e. The van der Waals surface area contributed by atoms with Crippen LogP contribution in [0.3, 0.4) is 0 Å². The first-order valence-corrected chi connectivity index (χ1v) is 7.15. The zero-order valence-electron chi connectivity index (χ0n) is 12.3. The van der Waals surface area contributed by atoms with Gasteiger partial charge >= 0.3 is 0 Å². The quantitative estimate of drug-likeness (QED) is 0.894. The summed E-state index contributed by atoms with van der Waals surface area (Å²) in [5.41, 5.74) is 2.06. The van der Waals surface area contributed by atoms with Gasteiger partial charge in [-0.15, -0.1) is 5.10 Å². The maximum Gasteiger partial charge on any atom is 0.293 e. The Morgan fingerprint density at radius 1 is 1.43 bits per heavy atom. The normalized spacial score (nSPS) is 18.8. The lowest BCUT2D eigenvalue weighted by molar-refractivity contribution is 0.0697. The van der Waals surface area contributed by atoms with Crippen LogP contribution in [0.1, 0.15) is 23.1 Å². The van der Waals surface area contributed by atoms with Crippen LogP contribution in [0.5, 0.6) is 0 Å². The summed E-state index contributed by atoms with van der Waals surface area (Å²) in [5, 5.41) is 7.63. The van der Waals surface area contributed by atoms with Crippen LogP contribution in [0.2, 0.25) is 0 Å². The lowest BCUT2D eigenvalue weighted by atomic mass is 10.2. The third-order valence-electron chi connectivity index (χ3n) is 3.61. The molecule has 3 rings (SSSR count). The average molecular weight is 285 g/mol. The third kappa shape index (κ3) is 2.95.